The van der Waals surface area contributed by atoms with Crippen LogP contribution in [-0.2, 0) is 6.54 Å². The number of hydrogen-bond donors (Lipinski definition) is 3. The van der Waals surface area contributed by atoms with Gasteiger partial charge in [-0.25, -0.2) is 20.8 Å². The Kier molecular flexibility index (Phi) is 4.36. The Morgan fingerprint density at radius 1 is 1.21 bits per heavy atom. The minimum absolute atomic E-state index is 0.354. The van der Waals surface area contributed by atoms with Gasteiger partial charge in [-0.1, -0.05) is 23.2 Å². The molecule has 0 aliphatic rings. The number of nitrogen functional groups attached to an aromatic ring is 1. The average Bonchev–Trinajstić information content (AvgIpc) is 2.38. The molecule has 0 aliphatic heterocycles. The van der Waals surface area contributed by atoms with E-state index in [1.54, 1.807) is 12.3 Å². The largest absolute Gasteiger partial charge is 0.363 e. The molecule has 0 amide bonds. The lowest BCUT2D eigenvalue weighted by Gasteiger charge is -2.10. The second-order valence-corrected chi connectivity index (χ2v) is 4.56. The van der Waals surface area contributed by atoms with Gasteiger partial charge in [0, 0.05) is 6.20 Å². The average molecular weight is 299 g/mol. The van der Waals surface area contributed by atoms with Crippen molar-refractivity contribution >= 4 is 34.8 Å². The molecule has 2 aromatic heterocycles. The quantitative estimate of drug-likeness (QED) is 0.593. The van der Waals surface area contributed by atoms with Crippen LogP contribution >= 0.6 is 23.2 Å². The fourth-order valence-electron chi connectivity index (χ4n) is 1.47. The van der Waals surface area contributed by atoms with Crippen LogP contribution < -0.4 is 16.6 Å². The molecule has 0 unspecified atom stereocenters. The van der Waals surface area contributed by atoms with Crippen LogP contribution in [0.4, 0.5) is 11.6 Å². The van der Waals surface area contributed by atoms with E-state index in [0.29, 0.717) is 34.1 Å². The van der Waals surface area contributed by atoms with Gasteiger partial charge in [-0.3, -0.25) is 0 Å². The van der Waals surface area contributed by atoms with Gasteiger partial charge >= 0.3 is 0 Å². The highest BCUT2D eigenvalue weighted by molar-refractivity contribution is 6.37. The molecule has 0 spiro atoms. The van der Waals surface area contributed by atoms with Crippen LogP contribution in [0.25, 0.3) is 0 Å². The van der Waals surface area contributed by atoms with Crippen LogP contribution in [0.2, 0.25) is 10.0 Å². The van der Waals surface area contributed by atoms with Crippen molar-refractivity contribution in [3.8, 4) is 0 Å². The SMILES string of the molecule is Cc1nccc(CNc2nc(NN)c(Cl)cc2Cl)n1. The zero-order chi connectivity index (χ0) is 13.8. The van der Waals surface area contributed by atoms with Crippen LogP contribution in [0.1, 0.15) is 11.5 Å². The Hall–Kier alpha value is -1.63. The Morgan fingerprint density at radius 3 is 2.63 bits per heavy atom. The molecular formula is C11H12Cl2N6. The summed E-state index contributed by atoms with van der Waals surface area (Å²) in [6.45, 7) is 2.30. The maximum Gasteiger partial charge on any atom is 0.161 e. The molecule has 0 saturated carbocycles. The van der Waals surface area contributed by atoms with Crippen LogP contribution in [0.3, 0.4) is 0 Å². The van der Waals surface area contributed by atoms with Gasteiger partial charge in [-0.05, 0) is 19.1 Å². The number of hydrazine groups is 1. The Labute approximate surface area is 120 Å². The van der Waals surface area contributed by atoms with Gasteiger partial charge < -0.3 is 10.7 Å². The zero-order valence-corrected chi connectivity index (χ0v) is 11.6. The first kappa shape index (κ1) is 13.8. The fourth-order valence-corrected chi connectivity index (χ4v) is 1.95. The van der Waals surface area contributed by atoms with E-state index in [1.165, 1.54) is 0 Å². The summed E-state index contributed by atoms with van der Waals surface area (Å²) in [6.07, 6.45) is 1.70. The molecule has 0 bridgehead atoms. The lowest BCUT2D eigenvalue weighted by Crippen LogP contribution is -2.11. The first-order chi connectivity index (χ1) is 9.10. The maximum atomic E-state index is 6.05. The number of anilines is 2. The molecule has 0 fully saturated rings. The number of nitrogens with two attached hydrogens (primary N) is 1. The predicted octanol–water partition coefficient (Wildman–Crippen LogP) is 2.38. The van der Waals surface area contributed by atoms with Gasteiger partial charge in [0.05, 0.1) is 22.3 Å². The molecule has 0 aromatic carbocycles. The van der Waals surface area contributed by atoms with Crippen LogP contribution in [-0.4, -0.2) is 15.0 Å². The first-order valence-electron chi connectivity index (χ1n) is 5.45. The standard InChI is InChI=1S/C11H12Cl2N6/c1-6-15-3-2-7(17-6)5-16-10-8(12)4-9(13)11(18-10)19-14/h2-4H,5,14H2,1H3,(H2,16,18,19). The van der Waals surface area contributed by atoms with Gasteiger partial charge in [0.25, 0.3) is 0 Å². The summed E-state index contributed by atoms with van der Waals surface area (Å²) >= 11 is 11.9. The molecular weight excluding hydrogens is 287 g/mol. The summed E-state index contributed by atoms with van der Waals surface area (Å²) in [4.78, 5) is 12.5. The van der Waals surface area contributed by atoms with E-state index in [0.717, 1.165) is 5.69 Å². The molecule has 100 valence electrons. The monoisotopic (exact) mass is 298 g/mol. The van der Waals surface area contributed by atoms with Crippen molar-refractivity contribution in [1.82, 2.24) is 15.0 Å². The smallest absolute Gasteiger partial charge is 0.161 e. The van der Waals surface area contributed by atoms with Crippen molar-refractivity contribution in [2.24, 2.45) is 5.84 Å². The molecule has 2 rings (SSSR count). The van der Waals surface area contributed by atoms with E-state index in [9.17, 15) is 0 Å². The first-order valence-corrected chi connectivity index (χ1v) is 6.21. The Bertz CT molecular complexity index is 589. The maximum absolute atomic E-state index is 6.05. The van der Waals surface area contributed by atoms with E-state index >= 15 is 0 Å². The number of aryl methyl sites for hydroxylation is 1. The molecule has 2 aromatic rings. The second kappa shape index (κ2) is 6.01. The highest BCUT2D eigenvalue weighted by Gasteiger charge is 2.08. The summed E-state index contributed by atoms with van der Waals surface area (Å²) in [6, 6.07) is 3.38. The summed E-state index contributed by atoms with van der Waals surface area (Å²) in [5, 5.41) is 3.84. The van der Waals surface area contributed by atoms with Crippen molar-refractivity contribution in [1.29, 1.82) is 0 Å². The fraction of sp³-hybridized carbons (Fsp3) is 0.182. The molecule has 8 heteroatoms. The molecule has 0 radical (unpaired) electrons. The Morgan fingerprint density at radius 2 is 1.95 bits per heavy atom. The third-order valence-electron chi connectivity index (χ3n) is 2.34. The third-order valence-corrected chi connectivity index (χ3v) is 2.91. The number of pyridine rings is 1. The highest BCUT2D eigenvalue weighted by atomic mass is 35.5. The molecule has 0 aliphatic carbocycles. The number of nitrogens with zero attached hydrogens (tertiary/aromatic N) is 3. The van der Waals surface area contributed by atoms with Gasteiger partial charge in [0.1, 0.15) is 11.6 Å². The molecule has 0 saturated heterocycles. The van der Waals surface area contributed by atoms with Crippen molar-refractivity contribution in [3.05, 3.63) is 39.9 Å². The van der Waals surface area contributed by atoms with Crippen molar-refractivity contribution in [2.45, 2.75) is 13.5 Å². The minimum atomic E-state index is 0.354. The lowest BCUT2D eigenvalue weighted by molar-refractivity contribution is 0.950. The molecule has 0 atom stereocenters. The number of hydrogen-bond acceptors (Lipinski definition) is 6. The second-order valence-electron chi connectivity index (χ2n) is 3.74. The van der Waals surface area contributed by atoms with E-state index in [-0.39, 0.29) is 0 Å². The molecule has 2 heterocycles. The third kappa shape index (κ3) is 3.44. The van der Waals surface area contributed by atoms with Gasteiger partial charge in [0.15, 0.2) is 5.82 Å². The van der Waals surface area contributed by atoms with E-state index in [4.69, 9.17) is 29.0 Å². The number of aromatic nitrogens is 3. The zero-order valence-electron chi connectivity index (χ0n) is 10.1. The lowest BCUT2D eigenvalue weighted by atomic mass is 10.3. The van der Waals surface area contributed by atoms with Crippen molar-refractivity contribution in [3.63, 3.8) is 0 Å². The van der Waals surface area contributed by atoms with Gasteiger partial charge in [0.2, 0.25) is 0 Å². The van der Waals surface area contributed by atoms with Crippen molar-refractivity contribution in [2.75, 3.05) is 10.7 Å². The van der Waals surface area contributed by atoms with E-state index in [1.807, 2.05) is 13.0 Å². The summed E-state index contributed by atoms with van der Waals surface area (Å²) < 4.78 is 0. The van der Waals surface area contributed by atoms with Crippen molar-refractivity contribution < 1.29 is 0 Å². The number of nitrogens with one attached hydrogen (secondary N) is 2. The topological polar surface area (TPSA) is 88.8 Å². The van der Waals surface area contributed by atoms with Crippen LogP contribution in [0, 0.1) is 6.92 Å². The van der Waals surface area contributed by atoms with Gasteiger partial charge in [-0.15, -0.1) is 0 Å². The number of rotatable bonds is 4. The highest BCUT2D eigenvalue weighted by Crippen LogP contribution is 2.28. The summed E-state index contributed by atoms with van der Waals surface area (Å²) in [7, 11) is 0. The molecule has 19 heavy (non-hydrogen) atoms. The summed E-state index contributed by atoms with van der Waals surface area (Å²) in [5.74, 6) is 6.85. The van der Waals surface area contributed by atoms with Crippen LogP contribution in [0.5, 0.6) is 0 Å². The van der Waals surface area contributed by atoms with Crippen LogP contribution in [0.15, 0.2) is 18.3 Å². The Balaban J connectivity index is 2.15. The molecule has 4 N–H and O–H groups in total. The minimum Gasteiger partial charge on any atom is -0.363 e. The van der Waals surface area contributed by atoms with E-state index < -0.39 is 0 Å². The summed E-state index contributed by atoms with van der Waals surface area (Å²) in [5.41, 5.74) is 3.24. The predicted molar refractivity (Wildman–Crippen MR) is 76.2 cm³/mol. The van der Waals surface area contributed by atoms with Gasteiger partial charge in [-0.2, -0.15) is 0 Å². The number of halogens is 2. The normalized spacial score (nSPS) is 10.3. The van der Waals surface area contributed by atoms with E-state index in [2.05, 4.69) is 25.7 Å². The molecule has 6 nitrogen and oxygen atoms in total.